The Morgan fingerprint density at radius 2 is 2.10 bits per heavy atom. The van der Waals surface area contributed by atoms with Crippen molar-refractivity contribution in [3.8, 4) is 0 Å². The van der Waals surface area contributed by atoms with E-state index in [0.29, 0.717) is 18.6 Å². The molecule has 1 aromatic rings. The zero-order chi connectivity index (χ0) is 22.0. The van der Waals surface area contributed by atoms with E-state index in [-0.39, 0.29) is 41.2 Å². The topological polar surface area (TPSA) is 79.5 Å². The Bertz CT molecular complexity index is 898. The van der Waals surface area contributed by atoms with Crippen LogP contribution in [0.5, 0.6) is 0 Å². The lowest BCUT2D eigenvalue weighted by molar-refractivity contribution is -0.128. The summed E-state index contributed by atoms with van der Waals surface area (Å²) in [6.45, 7) is 6.73. The van der Waals surface area contributed by atoms with Crippen molar-refractivity contribution in [2.45, 2.75) is 68.0 Å². The lowest BCUT2D eigenvalue weighted by Gasteiger charge is -2.33. The predicted molar refractivity (Wildman–Crippen MR) is 124 cm³/mol. The van der Waals surface area contributed by atoms with Gasteiger partial charge in [-0.05, 0) is 43.9 Å². The molecule has 4 unspecified atom stereocenters. The third kappa shape index (κ3) is 5.15. The number of para-hydroxylation sites is 1. The highest BCUT2D eigenvalue weighted by Crippen LogP contribution is 2.40. The average molecular weight is 442 g/mol. The SMILES string of the molecule is CC(C)CC(NC(=O)C1=CC2Nc3ccccc3SC2C=C1)C(=O)N[C@H]1CCOC1C. The van der Waals surface area contributed by atoms with Gasteiger partial charge in [0.2, 0.25) is 5.91 Å². The number of fused-ring (bicyclic) bond motifs is 2. The fraction of sp³-hybridized carbons (Fsp3) is 0.500. The van der Waals surface area contributed by atoms with Crippen molar-refractivity contribution < 1.29 is 14.3 Å². The molecule has 0 radical (unpaired) electrons. The Hall–Kier alpha value is -2.25. The number of nitrogens with one attached hydrogen (secondary N) is 3. The number of ether oxygens (including phenoxy) is 1. The van der Waals surface area contributed by atoms with Crippen molar-refractivity contribution in [1.29, 1.82) is 0 Å². The van der Waals surface area contributed by atoms with E-state index in [4.69, 9.17) is 4.74 Å². The van der Waals surface area contributed by atoms with Gasteiger partial charge < -0.3 is 20.7 Å². The monoisotopic (exact) mass is 441 g/mol. The molecule has 3 N–H and O–H groups in total. The van der Waals surface area contributed by atoms with Crippen molar-refractivity contribution in [1.82, 2.24) is 10.6 Å². The second-order valence-electron chi connectivity index (χ2n) is 8.87. The molecule has 0 bridgehead atoms. The molecule has 2 heterocycles. The smallest absolute Gasteiger partial charge is 0.251 e. The van der Waals surface area contributed by atoms with Gasteiger partial charge in [0, 0.05) is 22.8 Å². The van der Waals surface area contributed by atoms with Crippen LogP contribution < -0.4 is 16.0 Å². The molecule has 3 aliphatic rings. The summed E-state index contributed by atoms with van der Waals surface area (Å²) >= 11 is 1.80. The van der Waals surface area contributed by atoms with Gasteiger partial charge in [-0.3, -0.25) is 9.59 Å². The molecule has 0 spiro atoms. The van der Waals surface area contributed by atoms with Crippen LogP contribution >= 0.6 is 11.8 Å². The van der Waals surface area contributed by atoms with Gasteiger partial charge in [0.25, 0.3) is 5.91 Å². The van der Waals surface area contributed by atoms with Gasteiger partial charge in [0.1, 0.15) is 6.04 Å². The first kappa shape index (κ1) is 22.0. The number of anilines is 1. The number of amides is 2. The maximum Gasteiger partial charge on any atom is 0.251 e. The molecule has 1 aromatic carbocycles. The van der Waals surface area contributed by atoms with Gasteiger partial charge in [-0.25, -0.2) is 0 Å². The minimum absolute atomic E-state index is 0.00183. The summed E-state index contributed by atoms with van der Waals surface area (Å²) < 4.78 is 5.55. The lowest BCUT2D eigenvalue weighted by atomic mass is 9.98. The van der Waals surface area contributed by atoms with E-state index in [0.717, 1.165) is 12.1 Å². The van der Waals surface area contributed by atoms with E-state index in [1.54, 1.807) is 11.8 Å². The zero-order valence-corrected chi connectivity index (χ0v) is 19.1. The molecule has 6 nitrogen and oxygen atoms in total. The second kappa shape index (κ2) is 9.49. The van der Waals surface area contributed by atoms with Crippen LogP contribution in [0, 0.1) is 5.92 Å². The lowest BCUT2D eigenvalue weighted by Crippen LogP contribution is -2.52. The molecule has 5 atom stereocenters. The summed E-state index contributed by atoms with van der Waals surface area (Å²) in [5, 5.41) is 9.81. The van der Waals surface area contributed by atoms with E-state index in [1.807, 2.05) is 31.2 Å². The number of benzene rings is 1. The highest BCUT2D eigenvalue weighted by atomic mass is 32.2. The molecule has 31 heavy (non-hydrogen) atoms. The number of hydrogen-bond acceptors (Lipinski definition) is 5. The summed E-state index contributed by atoms with van der Waals surface area (Å²) in [5.41, 5.74) is 1.68. The molecular formula is C24H31N3O3S. The molecule has 1 fully saturated rings. The number of hydrogen-bond donors (Lipinski definition) is 3. The van der Waals surface area contributed by atoms with Gasteiger partial charge in [-0.15, -0.1) is 11.8 Å². The van der Waals surface area contributed by atoms with Crippen molar-refractivity contribution in [3.63, 3.8) is 0 Å². The molecule has 2 amide bonds. The summed E-state index contributed by atoms with van der Waals surface area (Å²) in [5.74, 6) is -0.0682. The summed E-state index contributed by atoms with van der Waals surface area (Å²) in [4.78, 5) is 27.2. The standard InChI is InChI=1S/C24H31N3O3S/c1-14(2)12-20(24(29)26-17-10-11-30-15(17)3)27-23(28)16-8-9-22-19(13-16)25-18-6-4-5-7-21(18)31-22/h4-9,13-15,17,19-20,22,25H,10-12H2,1-3H3,(H,26,29)(H,27,28)/t15?,17-,19?,20?,22?/m0/s1. The highest BCUT2D eigenvalue weighted by Gasteiger charge is 2.32. The van der Waals surface area contributed by atoms with Crippen molar-refractivity contribution in [3.05, 3.63) is 48.1 Å². The zero-order valence-electron chi connectivity index (χ0n) is 18.3. The Labute approximate surface area is 188 Å². The summed E-state index contributed by atoms with van der Waals surface area (Å²) in [7, 11) is 0. The van der Waals surface area contributed by atoms with Crippen LogP contribution in [0.2, 0.25) is 0 Å². The van der Waals surface area contributed by atoms with Gasteiger partial charge in [0.05, 0.1) is 23.4 Å². The first-order chi connectivity index (χ1) is 14.9. The Morgan fingerprint density at radius 1 is 1.29 bits per heavy atom. The number of carbonyl (C=O) groups excluding carboxylic acids is 2. The molecule has 2 aliphatic heterocycles. The van der Waals surface area contributed by atoms with E-state index in [9.17, 15) is 9.59 Å². The Morgan fingerprint density at radius 3 is 2.84 bits per heavy atom. The fourth-order valence-electron chi connectivity index (χ4n) is 4.21. The van der Waals surface area contributed by atoms with Crippen LogP contribution in [0.25, 0.3) is 0 Å². The van der Waals surface area contributed by atoms with Crippen LogP contribution in [0.3, 0.4) is 0 Å². The van der Waals surface area contributed by atoms with Crippen LogP contribution in [0.1, 0.15) is 33.6 Å². The van der Waals surface area contributed by atoms with Gasteiger partial charge >= 0.3 is 0 Å². The number of rotatable bonds is 6. The maximum absolute atomic E-state index is 13.0. The Kier molecular flexibility index (Phi) is 6.72. The minimum Gasteiger partial charge on any atom is -0.376 e. The van der Waals surface area contributed by atoms with Gasteiger partial charge in [-0.2, -0.15) is 0 Å². The van der Waals surface area contributed by atoms with Gasteiger partial charge in [0.15, 0.2) is 0 Å². The fourth-order valence-corrected chi connectivity index (χ4v) is 5.37. The summed E-state index contributed by atoms with van der Waals surface area (Å²) in [6.07, 6.45) is 7.30. The molecule has 1 saturated heterocycles. The van der Waals surface area contributed by atoms with Crippen molar-refractivity contribution in [2.24, 2.45) is 5.92 Å². The summed E-state index contributed by atoms with van der Waals surface area (Å²) in [6, 6.07) is 7.68. The quantitative estimate of drug-likeness (QED) is 0.632. The van der Waals surface area contributed by atoms with Crippen LogP contribution in [0.15, 0.2) is 53.0 Å². The van der Waals surface area contributed by atoms with Crippen LogP contribution in [-0.2, 0) is 14.3 Å². The maximum atomic E-state index is 13.0. The molecule has 7 heteroatoms. The highest BCUT2D eigenvalue weighted by molar-refractivity contribution is 8.00. The molecule has 4 rings (SSSR count). The van der Waals surface area contributed by atoms with E-state index < -0.39 is 6.04 Å². The number of carbonyl (C=O) groups is 2. The van der Waals surface area contributed by atoms with E-state index >= 15 is 0 Å². The third-order valence-corrected chi connectivity index (χ3v) is 7.28. The first-order valence-corrected chi connectivity index (χ1v) is 11.9. The van der Waals surface area contributed by atoms with Crippen LogP contribution in [-0.4, -0.2) is 47.9 Å². The molecule has 0 aromatic heterocycles. The minimum atomic E-state index is -0.568. The third-order valence-electron chi connectivity index (χ3n) is 5.95. The van der Waals surface area contributed by atoms with Crippen molar-refractivity contribution >= 4 is 29.3 Å². The molecule has 0 saturated carbocycles. The van der Waals surface area contributed by atoms with Crippen molar-refractivity contribution in [2.75, 3.05) is 11.9 Å². The molecule has 1 aliphatic carbocycles. The predicted octanol–water partition coefficient (Wildman–Crippen LogP) is 3.26. The Balaban J connectivity index is 1.43. The van der Waals surface area contributed by atoms with E-state index in [2.05, 4.69) is 48.0 Å². The second-order valence-corrected chi connectivity index (χ2v) is 10.1. The normalized spacial score (nSPS) is 27.5. The molecule has 166 valence electrons. The van der Waals surface area contributed by atoms with Crippen LogP contribution in [0.4, 0.5) is 5.69 Å². The average Bonchev–Trinajstić information content (AvgIpc) is 3.15. The van der Waals surface area contributed by atoms with Gasteiger partial charge in [-0.1, -0.05) is 38.1 Å². The number of thioether (sulfide) groups is 1. The largest absolute Gasteiger partial charge is 0.376 e. The first-order valence-electron chi connectivity index (χ1n) is 11.1. The van der Waals surface area contributed by atoms with E-state index in [1.165, 1.54) is 4.90 Å². The molecular weight excluding hydrogens is 410 g/mol.